The maximum Gasteiger partial charge on any atom is 0.124 e. The van der Waals surface area contributed by atoms with Crippen molar-refractivity contribution in [3.63, 3.8) is 0 Å². The first-order valence-corrected chi connectivity index (χ1v) is 7.07. The minimum atomic E-state index is 0.0493. The standard InChI is InChI=1S/C17H19NO3/c1-20-14-5-6-17-15(10-14)16(7-8-21-17)18-13-4-2-3-12(9-13)11-19/h2-6,9-10,16,18-19H,7-8,11H2,1H3. The molecule has 0 bridgehead atoms. The number of aliphatic hydroxyl groups excluding tert-OH is 1. The Kier molecular flexibility index (Phi) is 3.97. The van der Waals surface area contributed by atoms with Crippen LogP contribution in [0.5, 0.6) is 11.5 Å². The molecular formula is C17H19NO3. The van der Waals surface area contributed by atoms with E-state index in [9.17, 15) is 5.11 Å². The smallest absolute Gasteiger partial charge is 0.124 e. The van der Waals surface area contributed by atoms with Crippen molar-refractivity contribution in [1.29, 1.82) is 0 Å². The van der Waals surface area contributed by atoms with Crippen molar-refractivity contribution in [1.82, 2.24) is 0 Å². The highest BCUT2D eigenvalue weighted by Crippen LogP contribution is 2.36. The van der Waals surface area contributed by atoms with E-state index in [1.165, 1.54) is 0 Å². The van der Waals surface area contributed by atoms with Gasteiger partial charge in [-0.3, -0.25) is 0 Å². The first-order chi connectivity index (χ1) is 10.3. The first-order valence-electron chi connectivity index (χ1n) is 7.07. The average molecular weight is 285 g/mol. The molecule has 1 aliphatic heterocycles. The Morgan fingerprint density at radius 3 is 3.00 bits per heavy atom. The molecule has 2 aromatic carbocycles. The third-order valence-corrected chi connectivity index (χ3v) is 3.71. The number of methoxy groups -OCH3 is 1. The van der Waals surface area contributed by atoms with Crippen LogP contribution in [0.25, 0.3) is 0 Å². The number of benzene rings is 2. The number of aliphatic hydroxyl groups is 1. The second-order valence-electron chi connectivity index (χ2n) is 5.10. The molecule has 0 aliphatic carbocycles. The monoisotopic (exact) mass is 285 g/mol. The molecule has 0 radical (unpaired) electrons. The van der Waals surface area contributed by atoms with Gasteiger partial charge in [0.1, 0.15) is 11.5 Å². The molecule has 3 rings (SSSR count). The van der Waals surface area contributed by atoms with Crippen LogP contribution in [0.4, 0.5) is 5.69 Å². The second kappa shape index (κ2) is 6.06. The summed E-state index contributed by atoms with van der Waals surface area (Å²) in [5.74, 6) is 1.73. The van der Waals surface area contributed by atoms with Crippen LogP contribution in [0.2, 0.25) is 0 Å². The van der Waals surface area contributed by atoms with E-state index in [0.717, 1.165) is 34.7 Å². The lowest BCUT2D eigenvalue weighted by Gasteiger charge is -2.28. The maximum absolute atomic E-state index is 9.23. The molecule has 0 amide bonds. The van der Waals surface area contributed by atoms with Gasteiger partial charge in [0, 0.05) is 17.7 Å². The largest absolute Gasteiger partial charge is 0.497 e. The van der Waals surface area contributed by atoms with E-state index in [1.807, 2.05) is 42.5 Å². The summed E-state index contributed by atoms with van der Waals surface area (Å²) in [5.41, 5.74) is 3.01. The van der Waals surface area contributed by atoms with Gasteiger partial charge in [-0.25, -0.2) is 0 Å². The quantitative estimate of drug-likeness (QED) is 0.906. The summed E-state index contributed by atoms with van der Waals surface area (Å²) < 4.78 is 11.0. The van der Waals surface area contributed by atoms with Gasteiger partial charge in [0.2, 0.25) is 0 Å². The van der Waals surface area contributed by atoms with Gasteiger partial charge >= 0.3 is 0 Å². The molecule has 110 valence electrons. The van der Waals surface area contributed by atoms with Gasteiger partial charge in [0.15, 0.2) is 0 Å². The Morgan fingerprint density at radius 2 is 2.19 bits per heavy atom. The lowest BCUT2D eigenvalue weighted by molar-refractivity contribution is 0.273. The van der Waals surface area contributed by atoms with Crippen LogP contribution in [0, 0.1) is 0 Å². The lowest BCUT2D eigenvalue weighted by Crippen LogP contribution is -2.20. The van der Waals surface area contributed by atoms with E-state index in [1.54, 1.807) is 7.11 Å². The third-order valence-electron chi connectivity index (χ3n) is 3.71. The molecule has 1 atom stereocenters. The molecule has 0 saturated heterocycles. The first kappa shape index (κ1) is 13.8. The Balaban J connectivity index is 1.87. The zero-order chi connectivity index (χ0) is 14.7. The van der Waals surface area contributed by atoms with Crippen molar-refractivity contribution in [2.75, 3.05) is 19.0 Å². The fraction of sp³-hybridized carbons (Fsp3) is 0.294. The van der Waals surface area contributed by atoms with Crippen LogP contribution in [-0.2, 0) is 6.61 Å². The Hall–Kier alpha value is -2.20. The predicted molar refractivity (Wildman–Crippen MR) is 81.8 cm³/mol. The van der Waals surface area contributed by atoms with Crippen molar-refractivity contribution in [3.05, 3.63) is 53.6 Å². The summed E-state index contributed by atoms with van der Waals surface area (Å²) in [6.07, 6.45) is 0.892. The molecule has 0 saturated carbocycles. The van der Waals surface area contributed by atoms with Gasteiger partial charge in [-0.15, -0.1) is 0 Å². The lowest BCUT2D eigenvalue weighted by atomic mass is 9.99. The van der Waals surface area contributed by atoms with E-state index in [4.69, 9.17) is 9.47 Å². The van der Waals surface area contributed by atoms with Crippen LogP contribution < -0.4 is 14.8 Å². The summed E-state index contributed by atoms with van der Waals surface area (Å²) in [6, 6.07) is 13.9. The summed E-state index contributed by atoms with van der Waals surface area (Å²) in [5, 5.41) is 12.7. The number of rotatable bonds is 4. The van der Waals surface area contributed by atoms with E-state index >= 15 is 0 Å². The summed E-state index contributed by atoms with van der Waals surface area (Å²) in [6.45, 7) is 0.740. The number of hydrogen-bond donors (Lipinski definition) is 2. The topological polar surface area (TPSA) is 50.7 Å². The molecule has 1 unspecified atom stereocenters. The van der Waals surface area contributed by atoms with Crippen molar-refractivity contribution in [2.24, 2.45) is 0 Å². The van der Waals surface area contributed by atoms with E-state index in [-0.39, 0.29) is 12.6 Å². The Bertz CT molecular complexity index is 627. The van der Waals surface area contributed by atoms with Gasteiger partial charge in [0.05, 0.1) is 26.4 Å². The van der Waals surface area contributed by atoms with Gasteiger partial charge in [-0.2, -0.15) is 0 Å². The normalized spacial score (nSPS) is 16.8. The molecule has 0 fully saturated rings. The average Bonchev–Trinajstić information content (AvgIpc) is 2.55. The highest BCUT2D eigenvalue weighted by atomic mass is 16.5. The molecule has 2 N–H and O–H groups in total. The van der Waals surface area contributed by atoms with Gasteiger partial charge in [0.25, 0.3) is 0 Å². The zero-order valence-electron chi connectivity index (χ0n) is 12.0. The molecule has 2 aromatic rings. The number of hydrogen-bond acceptors (Lipinski definition) is 4. The van der Waals surface area contributed by atoms with Crippen LogP contribution in [0.3, 0.4) is 0 Å². The van der Waals surface area contributed by atoms with Crippen LogP contribution in [0.15, 0.2) is 42.5 Å². The summed E-state index contributed by atoms with van der Waals surface area (Å²) in [7, 11) is 1.67. The van der Waals surface area contributed by atoms with Crippen molar-refractivity contribution in [3.8, 4) is 11.5 Å². The van der Waals surface area contributed by atoms with E-state index in [2.05, 4.69) is 5.32 Å². The maximum atomic E-state index is 9.23. The number of anilines is 1. The predicted octanol–water partition coefficient (Wildman–Crippen LogP) is 3.12. The molecule has 1 heterocycles. The molecule has 0 aromatic heterocycles. The molecule has 1 aliphatic rings. The Morgan fingerprint density at radius 1 is 1.29 bits per heavy atom. The number of ether oxygens (including phenoxy) is 2. The molecule has 21 heavy (non-hydrogen) atoms. The fourth-order valence-corrected chi connectivity index (χ4v) is 2.61. The SMILES string of the molecule is COc1ccc2c(c1)C(Nc1cccc(CO)c1)CCO2. The zero-order valence-corrected chi connectivity index (χ0v) is 12.0. The second-order valence-corrected chi connectivity index (χ2v) is 5.10. The van der Waals surface area contributed by atoms with E-state index in [0.29, 0.717) is 6.61 Å². The van der Waals surface area contributed by atoms with Crippen molar-refractivity contribution < 1.29 is 14.6 Å². The van der Waals surface area contributed by atoms with Gasteiger partial charge in [-0.05, 0) is 35.9 Å². The van der Waals surface area contributed by atoms with Gasteiger partial charge < -0.3 is 19.9 Å². The highest BCUT2D eigenvalue weighted by molar-refractivity contribution is 5.51. The minimum absolute atomic E-state index is 0.0493. The van der Waals surface area contributed by atoms with Crippen LogP contribution >= 0.6 is 0 Å². The van der Waals surface area contributed by atoms with Crippen LogP contribution in [0.1, 0.15) is 23.6 Å². The van der Waals surface area contributed by atoms with Crippen LogP contribution in [-0.4, -0.2) is 18.8 Å². The number of nitrogens with one attached hydrogen (secondary N) is 1. The van der Waals surface area contributed by atoms with E-state index < -0.39 is 0 Å². The molecule has 0 spiro atoms. The van der Waals surface area contributed by atoms with Gasteiger partial charge in [-0.1, -0.05) is 12.1 Å². The Labute approximate surface area is 124 Å². The highest BCUT2D eigenvalue weighted by Gasteiger charge is 2.22. The van der Waals surface area contributed by atoms with Crippen molar-refractivity contribution >= 4 is 5.69 Å². The molecule has 4 heteroatoms. The summed E-state index contributed by atoms with van der Waals surface area (Å²) in [4.78, 5) is 0. The summed E-state index contributed by atoms with van der Waals surface area (Å²) >= 11 is 0. The minimum Gasteiger partial charge on any atom is -0.497 e. The molecular weight excluding hydrogens is 266 g/mol. The number of fused-ring (bicyclic) bond motifs is 1. The third kappa shape index (κ3) is 2.95. The fourth-order valence-electron chi connectivity index (χ4n) is 2.61. The van der Waals surface area contributed by atoms with Crippen molar-refractivity contribution in [2.45, 2.75) is 19.1 Å². The molecule has 4 nitrogen and oxygen atoms in total.